The van der Waals surface area contributed by atoms with Crippen LogP contribution >= 0.6 is 0 Å². The molecule has 0 radical (unpaired) electrons. The molecule has 1 fully saturated rings. The number of amides is 1. The summed E-state index contributed by atoms with van der Waals surface area (Å²) in [4.78, 5) is 16.7. The molecule has 0 spiro atoms. The van der Waals surface area contributed by atoms with Crippen molar-refractivity contribution in [3.8, 4) is 11.1 Å². The molecule has 0 aliphatic carbocycles. The number of nitrogens with zero attached hydrogens (tertiary/aromatic N) is 1. The van der Waals surface area contributed by atoms with E-state index in [0.29, 0.717) is 0 Å². The molecule has 1 heterocycles. The number of aryl methyl sites for hydroxylation is 1. The molecule has 5 aromatic carbocycles. The zero-order valence-electron chi connectivity index (χ0n) is 41.1. The van der Waals surface area contributed by atoms with Gasteiger partial charge in [0.1, 0.15) is 6.04 Å². The maximum Gasteiger partial charge on any atom is 0.241 e. The summed E-state index contributed by atoms with van der Waals surface area (Å²) in [7, 11) is -3.98. The summed E-state index contributed by atoms with van der Waals surface area (Å²) in [5.41, 5.74) is 7.49. The lowest BCUT2D eigenvalue weighted by Crippen LogP contribution is -2.47. The molecule has 0 aromatic heterocycles. The summed E-state index contributed by atoms with van der Waals surface area (Å²) in [6.07, 6.45) is 14.6. The van der Waals surface area contributed by atoms with E-state index < -0.39 is 28.3 Å². The Morgan fingerprint density at radius 2 is 1.26 bits per heavy atom. The van der Waals surface area contributed by atoms with Gasteiger partial charge in [-0.05, 0) is 84.8 Å². The van der Waals surface area contributed by atoms with Gasteiger partial charge in [0.2, 0.25) is 15.9 Å². The standard InChI is InChI=1S/C58H77N3O6S/c1-5-7-9-11-13-20-38-61(39-21-14-12-10-8-6-2)42-55-45(4)56(49-30-28-47(43-62)29-31-49)67-58(66-55)50-34-32-48(33-35-50)53-25-19-18-24-51(53)41-59-57(63)54(40-46-22-16-15-17-23-46)60-68(64,65)52-36-26-44(3)27-37-52/h15-19,22-37,45,54-56,58,60,62H,5-14,20-21,38-43H2,1-4H3,(H,59,63)/t45-,54-,55+,56+,58+/m1/s1. The highest BCUT2D eigenvalue weighted by atomic mass is 32.2. The van der Waals surface area contributed by atoms with Gasteiger partial charge in [0.15, 0.2) is 6.29 Å². The second kappa shape index (κ2) is 27.5. The fourth-order valence-electron chi connectivity index (χ4n) is 9.20. The van der Waals surface area contributed by atoms with Crippen molar-refractivity contribution < 1.29 is 27.8 Å². The van der Waals surface area contributed by atoms with Crippen LogP contribution in [0.2, 0.25) is 0 Å². The predicted octanol–water partition coefficient (Wildman–Crippen LogP) is 12.2. The molecule has 0 unspecified atom stereocenters. The Bertz CT molecular complexity index is 2320. The van der Waals surface area contributed by atoms with Gasteiger partial charge in [-0.3, -0.25) is 4.79 Å². The molecule has 0 saturated carbocycles. The van der Waals surface area contributed by atoms with Crippen molar-refractivity contribution in [2.45, 2.75) is 154 Å². The Hall–Kier alpha value is -4.68. The van der Waals surface area contributed by atoms with E-state index in [-0.39, 0.29) is 42.6 Å². The fourth-order valence-corrected chi connectivity index (χ4v) is 10.4. The van der Waals surface area contributed by atoms with Gasteiger partial charge in [0.05, 0.1) is 23.7 Å². The lowest BCUT2D eigenvalue weighted by atomic mass is 9.89. The van der Waals surface area contributed by atoms with Crippen LogP contribution in [-0.2, 0) is 43.9 Å². The van der Waals surface area contributed by atoms with Crippen LogP contribution in [0.25, 0.3) is 11.1 Å². The number of aliphatic hydroxyl groups is 1. The Kier molecular flexibility index (Phi) is 21.3. The number of carbonyl (C=O) groups is 1. The van der Waals surface area contributed by atoms with E-state index in [4.69, 9.17) is 9.47 Å². The van der Waals surface area contributed by atoms with Gasteiger partial charge >= 0.3 is 0 Å². The zero-order valence-corrected chi connectivity index (χ0v) is 41.9. The monoisotopic (exact) mass is 944 g/mol. The predicted molar refractivity (Wildman–Crippen MR) is 275 cm³/mol. The highest BCUT2D eigenvalue weighted by Gasteiger charge is 2.39. The molecular weight excluding hydrogens is 867 g/mol. The van der Waals surface area contributed by atoms with Crippen LogP contribution in [0, 0.1) is 12.8 Å². The number of rotatable bonds is 28. The van der Waals surface area contributed by atoms with E-state index in [9.17, 15) is 18.3 Å². The zero-order chi connectivity index (χ0) is 48.1. The van der Waals surface area contributed by atoms with Crippen LogP contribution in [0.4, 0.5) is 0 Å². The van der Waals surface area contributed by atoms with Gasteiger partial charge in [-0.2, -0.15) is 4.72 Å². The summed E-state index contributed by atoms with van der Waals surface area (Å²) in [6, 6.07) is 39.4. The highest BCUT2D eigenvalue weighted by molar-refractivity contribution is 7.89. The van der Waals surface area contributed by atoms with Crippen molar-refractivity contribution in [3.05, 3.63) is 161 Å². The number of ether oxygens (including phenoxy) is 2. The van der Waals surface area contributed by atoms with Gasteiger partial charge in [-0.25, -0.2) is 8.42 Å². The van der Waals surface area contributed by atoms with Gasteiger partial charge in [-0.15, -0.1) is 0 Å². The van der Waals surface area contributed by atoms with Crippen LogP contribution < -0.4 is 10.0 Å². The van der Waals surface area contributed by atoms with Crippen molar-refractivity contribution in [2.24, 2.45) is 5.92 Å². The molecule has 0 bridgehead atoms. The minimum Gasteiger partial charge on any atom is -0.392 e. The van der Waals surface area contributed by atoms with Crippen LogP contribution in [0.15, 0.2) is 132 Å². The van der Waals surface area contributed by atoms with E-state index in [1.807, 2.05) is 73.7 Å². The third kappa shape index (κ3) is 15.9. The summed E-state index contributed by atoms with van der Waals surface area (Å²) in [5.74, 6) is -0.322. The van der Waals surface area contributed by atoms with E-state index in [1.165, 1.54) is 77.0 Å². The van der Waals surface area contributed by atoms with Crippen molar-refractivity contribution in [2.75, 3.05) is 19.6 Å². The Balaban J connectivity index is 1.18. The van der Waals surface area contributed by atoms with Gasteiger partial charge < -0.3 is 24.8 Å². The third-order valence-corrected chi connectivity index (χ3v) is 14.9. The van der Waals surface area contributed by atoms with Crippen LogP contribution in [0.1, 0.15) is 144 Å². The molecule has 6 rings (SSSR count). The number of hydrogen-bond donors (Lipinski definition) is 3. The molecule has 1 aliphatic rings. The topological polar surface area (TPSA) is 117 Å². The summed E-state index contributed by atoms with van der Waals surface area (Å²) in [6.45, 7) is 11.9. The number of nitrogens with one attached hydrogen (secondary N) is 2. The fraction of sp³-hybridized carbons (Fsp3) is 0.466. The van der Waals surface area contributed by atoms with Crippen molar-refractivity contribution >= 4 is 15.9 Å². The average Bonchev–Trinajstić information content (AvgIpc) is 3.36. The number of aliphatic hydroxyl groups excluding tert-OH is 1. The van der Waals surface area contributed by atoms with Gasteiger partial charge in [-0.1, -0.05) is 206 Å². The molecule has 1 saturated heterocycles. The lowest BCUT2D eigenvalue weighted by Gasteiger charge is -2.43. The number of unbranched alkanes of at least 4 members (excludes halogenated alkanes) is 10. The largest absolute Gasteiger partial charge is 0.392 e. The van der Waals surface area contributed by atoms with Crippen molar-refractivity contribution in [1.29, 1.82) is 0 Å². The smallest absolute Gasteiger partial charge is 0.241 e. The normalized spacial score (nSPS) is 17.9. The summed E-state index contributed by atoms with van der Waals surface area (Å²) < 4.78 is 43.6. The number of carbonyl (C=O) groups excluding carboxylic acids is 1. The average molecular weight is 944 g/mol. The Morgan fingerprint density at radius 1 is 0.676 bits per heavy atom. The van der Waals surface area contributed by atoms with Crippen LogP contribution in [0.3, 0.4) is 0 Å². The van der Waals surface area contributed by atoms with Crippen LogP contribution in [-0.4, -0.2) is 56.1 Å². The third-order valence-electron chi connectivity index (χ3n) is 13.4. The van der Waals surface area contributed by atoms with Crippen molar-refractivity contribution in [3.63, 3.8) is 0 Å². The SMILES string of the molecule is CCCCCCCCN(CCCCCCCC)C[C@@H]1O[C@H](c2ccc(-c3ccccc3CNC(=O)[C@@H](Cc3ccccc3)NS(=O)(=O)c3ccc(C)cc3)cc2)O[C@H](c2ccc(CO)cc2)[C@@H]1C. The summed E-state index contributed by atoms with van der Waals surface area (Å²) >= 11 is 0. The number of hydrogen-bond acceptors (Lipinski definition) is 7. The van der Waals surface area contributed by atoms with Crippen LogP contribution in [0.5, 0.6) is 0 Å². The van der Waals surface area contributed by atoms with E-state index >= 15 is 0 Å². The first-order chi connectivity index (χ1) is 33.1. The first-order valence-corrected chi connectivity index (χ1v) is 26.9. The van der Waals surface area contributed by atoms with Gasteiger partial charge in [0, 0.05) is 24.6 Å². The maximum absolute atomic E-state index is 13.9. The minimum atomic E-state index is -3.98. The molecule has 366 valence electrons. The minimum absolute atomic E-state index is 0.00569. The Labute approximate surface area is 408 Å². The second-order valence-electron chi connectivity index (χ2n) is 18.8. The highest BCUT2D eigenvalue weighted by Crippen LogP contribution is 2.42. The first kappa shape index (κ1) is 52.7. The number of sulfonamides is 1. The molecule has 3 N–H and O–H groups in total. The van der Waals surface area contributed by atoms with E-state index in [0.717, 1.165) is 64.1 Å². The maximum atomic E-state index is 13.9. The molecule has 5 aromatic rings. The molecule has 68 heavy (non-hydrogen) atoms. The molecule has 5 atom stereocenters. The van der Waals surface area contributed by atoms with Gasteiger partial charge in [0.25, 0.3) is 0 Å². The summed E-state index contributed by atoms with van der Waals surface area (Å²) in [5, 5.41) is 12.9. The lowest BCUT2D eigenvalue weighted by molar-refractivity contribution is -0.276. The first-order valence-electron chi connectivity index (χ1n) is 25.4. The molecular formula is C58H77N3O6S. The molecule has 1 amide bonds. The Morgan fingerprint density at radius 3 is 1.90 bits per heavy atom. The number of benzene rings is 5. The quantitative estimate of drug-likeness (QED) is 0.0428. The molecule has 10 heteroatoms. The van der Waals surface area contributed by atoms with E-state index in [2.05, 4.69) is 72.1 Å². The van der Waals surface area contributed by atoms with E-state index in [1.54, 1.807) is 24.3 Å². The molecule has 1 aliphatic heterocycles. The second-order valence-corrected chi connectivity index (χ2v) is 20.5. The molecule has 9 nitrogen and oxygen atoms in total. The van der Waals surface area contributed by atoms with Crippen molar-refractivity contribution in [1.82, 2.24) is 14.9 Å².